The molecule has 0 bridgehead atoms. The van der Waals surface area contributed by atoms with Gasteiger partial charge in [0.1, 0.15) is 42.7 Å². The summed E-state index contributed by atoms with van der Waals surface area (Å²) in [6.07, 6.45) is -7.03. The monoisotopic (exact) mass is 794 g/mol. The van der Waals surface area contributed by atoms with E-state index in [0.717, 1.165) is 24.8 Å². The maximum atomic E-state index is 14.0. The number of aliphatic hydroxyl groups excluding tert-OH is 6. The Balaban J connectivity index is 1.14. The van der Waals surface area contributed by atoms with Crippen LogP contribution in [0.4, 0.5) is 0 Å². The highest BCUT2D eigenvalue weighted by atomic mass is 16.7. The molecule has 8 N–H and O–H groups in total. The topological polar surface area (TPSA) is 233 Å². The van der Waals surface area contributed by atoms with E-state index >= 15 is 0 Å². The third kappa shape index (κ3) is 5.85. The molecule has 0 aromatic carbocycles. The summed E-state index contributed by atoms with van der Waals surface area (Å²) in [7, 11) is 0. The van der Waals surface area contributed by atoms with Crippen molar-refractivity contribution in [2.45, 2.75) is 174 Å². The van der Waals surface area contributed by atoms with Gasteiger partial charge in [0.2, 0.25) is 0 Å². The van der Waals surface area contributed by atoms with E-state index in [9.17, 15) is 50.4 Å². The molecule has 0 amide bonds. The smallest absolute Gasteiger partial charge is 0.314 e. The number of aliphatic hydroxyl groups is 6. The summed E-state index contributed by atoms with van der Waals surface area (Å²) in [6, 6.07) is 0. The molecule has 4 saturated carbocycles. The molecule has 14 nitrogen and oxygen atoms in total. The minimum atomic E-state index is -1.73. The first-order chi connectivity index (χ1) is 26.1. The lowest BCUT2D eigenvalue weighted by molar-refractivity contribution is -0.366. The minimum absolute atomic E-state index is 0.0190. The fourth-order valence-electron chi connectivity index (χ4n) is 14.0. The number of carboxylic acid groups (broad SMARTS) is 2. The highest BCUT2D eigenvalue weighted by Crippen LogP contribution is 2.76. The number of allylic oxidation sites excluding steroid dienone is 1. The van der Waals surface area contributed by atoms with Gasteiger partial charge in [-0.15, -0.1) is 0 Å². The second-order valence-corrected chi connectivity index (χ2v) is 20.0. The summed E-state index contributed by atoms with van der Waals surface area (Å²) >= 11 is 0. The summed E-state index contributed by atoms with van der Waals surface area (Å²) in [5.74, 6) is -1.49. The van der Waals surface area contributed by atoms with Crippen molar-refractivity contribution in [3.8, 4) is 0 Å². The van der Waals surface area contributed by atoms with Gasteiger partial charge in [0.15, 0.2) is 12.6 Å². The van der Waals surface area contributed by atoms with Gasteiger partial charge in [0, 0.05) is 0 Å². The van der Waals surface area contributed by atoms with Gasteiger partial charge in [-0.1, -0.05) is 53.2 Å². The van der Waals surface area contributed by atoms with E-state index in [-0.39, 0.29) is 29.1 Å². The number of hydrogen-bond donors (Lipinski definition) is 8. The second-order valence-electron chi connectivity index (χ2n) is 20.0. The Morgan fingerprint density at radius 3 is 2.07 bits per heavy atom. The lowest BCUT2D eigenvalue weighted by Crippen LogP contribution is -2.68. The Hall–Kier alpha value is -1.72. The van der Waals surface area contributed by atoms with Crippen molar-refractivity contribution in [2.24, 2.45) is 56.7 Å². The molecule has 14 heteroatoms. The van der Waals surface area contributed by atoms with E-state index in [4.69, 9.17) is 18.9 Å². The standard InChI is InChI=1S/C42H66O14/c1-19-10-15-41(36(49)50)16-17-42(37(51)52)22(27(41)20(19)2)8-9-25-39(6)13-12-26(38(4,5)24(39)11-14-40(25,42)7)55-35-32(48)33(28(44)21(3)53-35)56-34-31(47)30(46)29(45)23(18-43)54-34/h8,19-21,23-35,43-48H,9-18H2,1-7H3,(H,49,50)(H,51,52)/t19-,20+,21-,23-,24+,25-,26+,27-,28+,29-,30+,31-,32-,33+,34+,35+,39+,40-,41+,42-/m1/s1. The van der Waals surface area contributed by atoms with Gasteiger partial charge in [0.25, 0.3) is 0 Å². The molecule has 0 aromatic rings. The summed E-state index contributed by atoms with van der Waals surface area (Å²) in [6.45, 7) is 14.0. The van der Waals surface area contributed by atoms with E-state index in [1.807, 2.05) is 0 Å². The first-order valence-electron chi connectivity index (χ1n) is 20.9. The molecule has 0 aromatic heterocycles. The van der Waals surface area contributed by atoms with Crippen LogP contribution >= 0.6 is 0 Å². The van der Waals surface area contributed by atoms with E-state index in [0.29, 0.717) is 44.4 Å². The van der Waals surface area contributed by atoms with Crippen molar-refractivity contribution in [2.75, 3.05) is 6.61 Å². The van der Waals surface area contributed by atoms with Gasteiger partial charge >= 0.3 is 11.9 Å². The molecule has 7 rings (SSSR count). The highest BCUT2D eigenvalue weighted by Gasteiger charge is 2.73. The largest absolute Gasteiger partial charge is 0.481 e. The van der Waals surface area contributed by atoms with Gasteiger partial charge in [-0.25, -0.2) is 0 Å². The van der Waals surface area contributed by atoms with Gasteiger partial charge in [0.05, 0.1) is 29.6 Å². The molecular formula is C42H66O14. The molecule has 6 fully saturated rings. The van der Waals surface area contributed by atoms with Gasteiger partial charge < -0.3 is 59.8 Å². The minimum Gasteiger partial charge on any atom is -0.481 e. The van der Waals surface area contributed by atoms with Crippen LogP contribution < -0.4 is 0 Å². The van der Waals surface area contributed by atoms with Gasteiger partial charge in [-0.2, -0.15) is 0 Å². The van der Waals surface area contributed by atoms with Crippen LogP contribution in [-0.4, -0.2) is 127 Å². The predicted octanol–water partition coefficient (Wildman–Crippen LogP) is 2.83. The fourth-order valence-corrected chi connectivity index (χ4v) is 14.0. The number of aliphatic carboxylic acids is 2. The number of rotatable bonds is 7. The Morgan fingerprint density at radius 1 is 0.750 bits per heavy atom. The predicted molar refractivity (Wildman–Crippen MR) is 198 cm³/mol. The first kappa shape index (κ1) is 42.4. The van der Waals surface area contributed by atoms with Crippen molar-refractivity contribution < 1.29 is 69.4 Å². The number of fused-ring (bicyclic) bond motifs is 7. The molecular weight excluding hydrogens is 728 g/mol. The number of carboxylic acids is 2. The van der Waals surface area contributed by atoms with Crippen LogP contribution in [0.25, 0.3) is 0 Å². The third-order valence-electron chi connectivity index (χ3n) is 17.4. The van der Waals surface area contributed by atoms with Crippen LogP contribution in [0.1, 0.15) is 106 Å². The van der Waals surface area contributed by atoms with Gasteiger partial charge in [-0.05, 0) is 111 Å². The van der Waals surface area contributed by atoms with E-state index in [2.05, 4.69) is 47.6 Å². The number of ether oxygens (including phenoxy) is 4. The average Bonchev–Trinajstić information content (AvgIpc) is 3.14. The van der Waals surface area contributed by atoms with Crippen LogP contribution in [0.2, 0.25) is 0 Å². The molecule has 7 aliphatic rings. The van der Waals surface area contributed by atoms with Crippen molar-refractivity contribution in [1.29, 1.82) is 0 Å². The van der Waals surface area contributed by atoms with Crippen molar-refractivity contribution in [3.05, 3.63) is 11.6 Å². The normalized spacial score (nSPS) is 54.1. The highest BCUT2D eigenvalue weighted by molar-refractivity contribution is 5.84. The Bertz CT molecular complexity index is 1550. The quantitative estimate of drug-likeness (QED) is 0.137. The first-order valence-corrected chi connectivity index (χ1v) is 20.9. The molecule has 0 unspecified atom stereocenters. The summed E-state index contributed by atoms with van der Waals surface area (Å²) in [5, 5.41) is 85.6. The Labute approximate surface area is 329 Å². The zero-order valence-corrected chi connectivity index (χ0v) is 33.9. The van der Waals surface area contributed by atoms with Gasteiger partial charge in [-0.3, -0.25) is 9.59 Å². The van der Waals surface area contributed by atoms with E-state index < -0.39 is 108 Å². The van der Waals surface area contributed by atoms with E-state index in [1.165, 1.54) is 0 Å². The molecule has 2 saturated heterocycles. The average molecular weight is 795 g/mol. The van der Waals surface area contributed by atoms with Crippen molar-refractivity contribution in [3.63, 3.8) is 0 Å². The van der Waals surface area contributed by atoms with Crippen molar-refractivity contribution >= 4 is 11.9 Å². The molecule has 2 heterocycles. The molecule has 5 aliphatic carbocycles. The van der Waals surface area contributed by atoms with Crippen LogP contribution in [-0.2, 0) is 28.5 Å². The lowest BCUT2D eigenvalue weighted by atomic mass is 9.33. The van der Waals surface area contributed by atoms with Crippen LogP contribution in [0.15, 0.2) is 11.6 Å². The zero-order chi connectivity index (χ0) is 41.1. The molecule has 0 radical (unpaired) electrons. The van der Waals surface area contributed by atoms with E-state index in [1.54, 1.807) is 6.92 Å². The number of hydrogen-bond acceptors (Lipinski definition) is 12. The Morgan fingerprint density at radius 2 is 1.43 bits per heavy atom. The van der Waals surface area contributed by atoms with Crippen LogP contribution in [0.3, 0.4) is 0 Å². The Kier molecular flexibility index (Phi) is 11.0. The maximum Gasteiger partial charge on any atom is 0.314 e. The maximum absolute atomic E-state index is 14.0. The van der Waals surface area contributed by atoms with Crippen LogP contribution in [0, 0.1) is 56.7 Å². The van der Waals surface area contributed by atoms with Crippen molar-refractivity contribution in [1.82, 2.24) is 0 Å². The fraction of sp³-hybridized carbons (Fsp3) is 0.905. The summed E-state index contributed by atoms with van der Waals surface area (Å²) in [4.78, 5) is 27.1. The molecule has 0 spiro atoms. The molecule has 318 valence electrons. The molecule has 20 atom stereocenters. The lowest BCUT2D eigenvalue weighted by Gasteiger charge is -2.70. The molecule has 56 heavy (non-hydrogen) atoms. The summed E-state index contributed by atoms with van der Waals surface area (Å²) in [5.41, 5.74) is -2.61. The second kappa shape index (κ2) is 14.5. The SMILES string of the molecule is C[C@H]1[C@H](C)CC[C@]2(C(=O)O)CC[C@]3(C(=O)O)C(=CC[C@@H]4[C@@]5(C)CC[C@H](O[C@@H]6O[C@H](C)[C@H](O)[C@H](O[C@@H]7O[C@H](CO)[C@@H](O)[C@H](O)[C@H]7O)[C@H]6O)C(C)(C)[C@@H]5CC[C@]43C)[C@@H]12. The number of carbonyl (C=O) groups is 2. The summed E-state index contributed by atoms with van der Waals surface area (Å²) < 4.78 is 24.1. The third-order valence-corrected chi connectivity index (χ3v) is 17.4. The zero-order valence-electron chi connectivity index (χ0n) is 33.9. The van der Waals surface area contributed by atoms with Crippen LogP contribution in [0.5, 0.6) is 0 Å². The molecule has 2 aliphatic heterocycles.